The Labute approximate surface area is 179 Å². The number of benzene rings is 1. The van der Waals surface area contributed by atoms with E-state index in [0.29, 0.717) is 33.8 Å². The molecule has 0 saturated heterocycles. The van der Waals surface area contributed by atoms with Gasteiger partial charge in [0, 0.05) is 36.7 Å². The Kier molecular flexibility index (Phi) is 5.99. The van der Waals surface area contributed by atoms with E-state index < -0.39 is 29.8 Å². The number of halogens is 1. The Morgan fingerprint density at radius 3 is 2.55 bits per heavy atom. The van der Waals surface area contributed by atoms with Gasteiger partial charge in [-0.15, -0.1) is 0 Å². The number of H-pyrrole nitrogens is 1. The van der Waals surface area contributed by atoms with Gasteiger partial charge in [-0.2, -0.15) is 0 Å². The minimum atomic E-state index is -1.10. The lowest BCUT2D eigenvalue weighted by Crippen LogP contribution is -2.52. The van der Waals surface area contributed by atoms with Gasteiger partial charge < -0.3 is 25.6 Å². The fourth-order valence-corrected chi connectivity index (χ4v) is 3.59. The molecule has 164 valence electrons. The summed E-state index contributed by atoms with van der Waals surface area (Å²) in [6.45, 7) is 4.82. The number of carbonyl (C=O) groups excluding carboxylic acids is 3. The minimum Gasteiger partial charge on any atom is -0.391 e. The van der Waals surface area contributed by atoms with Gasteiger partial charge in [0.25, 0.3) is 11.8 Å². The van der Waals surface area contributed by atoms with E-state index in [9.17, 15) is 23.9 Å². The first kappa shape index (κ1) is 22.2. The lowest BCUT2D eigenvalue weighted by molar-refractivity contribution is -0.133. The fourth-order valence-electron chi connectivity index (χ4n) is 3.59. The third-order valence-corrected chi connectivity index (χ3v) is 5.23. The third kappa shape index (κ3) is 4.22. The smallest absolute Gasteiger partial charge is 0.256 e. The number of fused-ring (bicyclic) bond motifs is 1. The highest BCUT2D eigenvalue weighted by atomic mass is 19.1. The molecule has 1 aliphatic rings. The Morgan fingerprint density at radius 2 is 1.94 bits per heavy atom. The topological polar surface area (TPSA) is 115 Å². The van der Waals surface area contributed by atoms with Crippen LogP contribution < -0.4 is 10.6 Å². The van der Waals surface area contributed by atoms with Crippen LogP contribution in [0.15, 0.2) is 18.2 Å². The number of aryl methyl sites for hydroxylation is 1. The highest BCUT2D eigenvalue weighted by Gasteiger charge is 2.30. The molecule has 1 unspecified atom stereocenters. The van der Waals surface area contributed by atoms with E-state index in [2.05, 4.69) is 15.6 Å². The SMILES string of the molecule is Cc1[nH]c(C=C2C(=O)Nc3ccc(F)cc32)c(C)c1C(=O)NC(C(=O)N(C)C)[C@@H](C)O. The second-order valence-electron chi connectivity index (χ2n) is 7.79. The van der Waals surface area contributed by atoms with Crippen molar-refractivity contribution in [3.8, 4) is 0 Å². The summed E-state index contributed by atoms with van der Waals surface area (Å²) < 4.78 is 13.7. The third-order valence-electron chi connectivity index (χ3n) is 5.23. The Balaban J connectivity index is 1.96. The number of aromatic nitrogens is 1. The van der Waals surface area contributed by atoms with Crippen molar-refractivity contribution in [2.75, 3.05) is 19.4 Å². The number of aliphatic hydroxyl groups excluding tert-OH is 1. The van der Waals surface area contributed by atoms with E-state index in [4.69, 9.17) is 0 Å². The van der Waals surface area contributed by atoms with Gasteiger partial charge >= 0.3 is 0 Å². The summed E-state index contributed by atoms with van der Waals surface area (Å²) in [5, 5.41) is 15.2. The minimum absolute atomic E-state index is 0.274. The number of rotatable bonds is 5. The molecule has 8 nitrogen and oxygen atoms in total. The summed E-state index contributed by atoms with van der Waals surface area (Å²) in [4.78, 5) is 42.0. The fraction of sp³-hybridized carbons (Fsp3) is 0.318. The molecule has 4 N–H and O–H groups in total. The zero-order valence-electron chi connectivity index (χ0n) is 18.0. The van der Waals surface area contributed by atoms with E-state index in [1.54, 1.807) is 19.9 Å². The molecule has 3 rings (SSSR count). The number of likely N-dealkylation sites (N-methyl/N-ethyl adjacent to an activating group) is 1. The average Bonchev–Trinajstić information content (AvgIpc) is 3.14. The highest BCUT2D eigenvalue weighted by Crippen LogP contribution is 2.34. The van der Waals surface area contributed by atoms with Gasteiger partial charge in [0.05, 0.1) is 17.2 Å². The Hall–Kier alpha value is -3.46. The summed E-state index contributed by atoms with van der Waals surface area (Å²) in [6, 6.07) is 2.93. The van der Waals surface area contributed by atoms with Crippen LogP contribution in [0.25, 0.3) is 11.6 Å². The summed E-state index contributed by atoms with van der Waals surface area (Å²) in [5.41, 5.74) is 3.13. The number of aliphatic hydroxyl groups is 1. The molecule has 1 aromatic heterocycles. The summed E-state index contributed by atoms with van der Waals surface area (Å²) in [5.74, 6) is -1.79. The van der Waals surface area contributed by atoms with Crippen molar-refractivity contribution >= 4 is 35.1 Å². The normalized spacial score (nSPS) is 16.0. The summed E-state index contributed by atoms with van der Waals surface area (Å²) in [7, 11) is 3.07. The molecule has 0 fully saturated rings. The lowest BCUT2D eigenvalue weighted by atomic mass is 10.0. The first-order valence-electron chi connectivity index (χ1n) is 9.73. The molecule has 0 spiro atoms. The van der Waals surface area contributed by atoms with Crippen molar-refractivity contribution in [2.24, 2.45) is 0 Å². The molecule has 9 heteroatoms. The second kappa shape index (κ2) is 8.35. The lowest BCUT2D eigenvalue weighted by Gasteiger charge is -2.24. The van der Waals surface area contributed by atoms with Crippen LogP contribution in [0, 0.1) is 19.7 Å². The first-order valence-corrected chi connectivity index (χ1v) is 9.73. The number of aromatic amines is 1. The molecule has 2 heterocycles. The van der Waals surface area contributed by atoms with E-state index >= 15 is 0 Å². The van der Waals surface area contributed by atoms with Crippen molar-refractivity contribution < 1.29 is 23.9 Å². The van der Waals surface area contributed by atoms with Crippen molar-refractivity contribution in [2.45, 2.75) is 32.9 Å². The number of nitrogens with zero attached hydrogens (tertiary/aromatic N) is 1. The Bertz CT molecular complexity index is 1100. The predicted molar refractivity (Wildman–Crippen MR) is 115 cm³/mol. The van der Waals surface area contributed by atoms with Crippen LogP contribution >= 0.6 is 0 Å². The molecule has 1 aromatic carbocycles. The van der Waals surface area contributed by atoms with E-state index in [-0.39, 0.29) is 11.5 Å². The molecule has 1 aliphatic heterocycles. The molecule has 0 bridgehead atoms. The summed E-state index contributed by atoms with van der Waals surface area (Å²) >= 11 is 0. The molecule has 31 heavy (non-hydrogen) atoms. The van der Waals surface area contributed by atoms with Crippen molar-refractivity contribution in [1.29, 1.82) is 0 Å². The number of nitrogens with one attached hydrogen (secondary N) is 3. The number of amides is 3. The maximum atomic E-state index is 13.7. The number of carbonyl (C=O) groups is 3. The zero-order chi connectivity index (χ0) is 23.0. The van der Waals surface area contributed by atoms with Gasteiger partial charge in [-0.1, -0.05) is 0 Å². The van der Waals surface area contributed by atoms with Gasteiger partial charge in [0.2, 0.25) is 5.91 Å². The number of anilines is 1. The Morgan fingerprint density at radius 1 is 1.26 bits per heavy atom. The standard InChI is InChI=1S/C22H25FN4O4/c1-10-17(9-15-14-8-13(23)6-7-16(14)25-20(15)29)24-11(2)18(10)21(30)26-19(12(3)28)22(31)27(4)5/h6-9,12,19,24,28H,1-5H3,(H,25,29)(H,26,30)/t12-,19?/m1/s1. The van der Waals surface area contributed by atoms with E-state index in [1.165, 1.54) is 44.1 Å². The molecule has 3 amide bonds. The molecule has 0 saturated carbocycles. The van der Waals surface area contributed by atoms with Crippen LogP contribution in [0.3, 0.4) is 0 Å². The summed E-state index contributed by atoms with van der Waals surface area (Å²) in [6.07, 6.45) is 0.477. The number of hydrogen-bond acceptors (Lipinski definition) is 4. The van der Waals surface area contributed by atoms with Crippen LogP contribution in [0.2, 0.25) is 0 Å². The van der Waals surface area contributed by atoms with Crippen molar-refractivity contribution in [1.82, 2.24) is 15.2 Å². The van der Waals surface area contributed by atoms with Crippen LogP contribution in [0.1, 0.15) is 39.8 Å². The average molecular weight is 428 g/mol. The van der Waals surface area contributed by atoms with E-state index in [1.807, 2.05) is 0 Å². The largest absolute Gasteiger partial charge is 0.391 e. The van der Waals surface area contributed by atoms with Crippen LogP contribution in [-0.4, -0.2) is 59.0 Å². The number of hydrogen-bond donors (Lipinski definition) is 4. The first-order chi connectivity index (χ1) is 14.5. The van der Waals surface area contributed by atoms with Gasteiger partial charge in [0.15, 0.2) is 0 Å². The van der Waals surface area contributed by atoms with Crippen molar-refractivity contribution in [3.63, 3.8) is 0 Å². The van der Waals surface area contributed by atoms with Gasteiger partial charge in [0.1, 0.15) is 11.9 Å². The quantitative estimate of drug-likeness (QED) is 0.544. The molecule has 2 aromatic rings. The van der Waals surface area contributed by atoms with Gasteiger partial charge in [-0.25, -0.2) is 4.39 Å². The van der Waals surface area contributed by atoms with Gasteiger partial charge in [-0.3, -0.25) is 14.4 Å². The van der Waals surface area contributed by atoms with E-state index in [0.717, 1.165) is 0 Å². The molecule has 2 atom stereocenters. The molecular weight excluding hydrogens is 403 g/mol. The van der Waals surface area contributed by atoms with Crippen LogP contribution in [0.4, 0.5) is 10.1 Å². The second-order valence-corrected chi connectivity index (χ2v) is 7.79. The van der Waals surface area contributed by atoms with Gasteiger partial charge in [-0.05, 0) is 50.6 Å². The highest BCUT2D eigenvalue weighted by molar-refractivity contribution is 6.34. The molecule has 0 radical (unpaired) electrons. The predicted octanol–water partition coefficient (Wildman–Crippen LogP) is 1.83. The zero-order valence-corrected chi connectivity index (χ0v) is 18.0. The molecule has 0 aliphatic carbocycles. The molecular formula is C22H25FN4O4. The van der Waals surface area contributed by atoms with Crippen LogP contribution in [0.5, 0.6) is 0 Å². The van der Waals surface area contributed by atoms with Crippen molar-refractivity contribution in [3.05, 3.63) is 52.1 Å². The van der Waals surface area contributed by atoms with Crippen LogP contribution in [-0.2, 0) is 9.59 Å². The monoisotopic (exact) mass is 428 g/mol. The maximum absolute atomic E-state index is 13.7. The maximum Gasteiger partial charge on any atom is 0.256 e.